The van der Waals surface area contributed by atoms with Crippen molar-refractivity contribution in [1.82, 2.24) is 0 Å². The molecule has 6 aromatic carbocycles. The van der Waals surface area contributed by atoms with Crippen LogP contribution < -0.4 is 15.9 Å². The Labute approximate surface area is 231 Å². The minimum Gasteiger partial charge on any atom is -0.219 e. The molecule has 0 aliphatic rings. The molecule has 2 heterocycles. The maximum absolute atomic E-state index is 13.0. The fourth-order valence-electron chi connectivity index (χ4n) is 5.26. The highest BCUT2D eigenvalue weighted by Gasteiger charge is 2.24. The van der Waals surface area contributed by atoms with Gasteiger partial charge in [-0.3, -0.25) is 0 Å². The van der Waals surface area contributed by atoms with E-state index in [-0.39, 0.29) is 0 Å². The van der Waals surface area contributed by atoms with E-state index in [2.05, 4.69) is 54.6 Å². The molecule has 0 fully saturated rings. The second kappa shape index (κ2) is 10.5. The van der Waals surface area contributed by atoms with Crippen LogP contribution in [0.4, 0.5) is 0 Å². The van der Waals surface area contributed by atoms with Crippen molar-refractivity contribution in [2.45, 2.75) is 0 Å². The van der Waals surface area contributed by atoms with Gasteiger partial charge in [0.1, 0.15) is 0 Å². The largest absolute Gasteiger partial charge is 0.853 e. The smallest absolute Gasteiger partial charge is 0.219 e. The molecular formula is C32H21O5P3+2. The molecule has 0 aliphatic heterocycles. The summed E-state index contributed by atoms with van der Waals surface area (Å²) in [6.07, 6.45) is 0. The molecule has 0 spiro atoms. The second-order valence-electron chi connectivity index (χ2n) is 9.19. The number of hydrogen-bond donors (Lipinski definition) is 0. The maximum Gasteiger partial charge on any atom is 0.853 e. The summed E-state index contributed by atoms with van der Waals surface area (Å²) >= 11 is 0. The Bertz CT molecular complexity index is 2180. The first-order valence-electron chi connectivity index (χ1n) is 12.6. The lowest BCUT2D eigenvalue weighted by Gasteiger charge is -2.22. The fourth-order valence-corrected chi connectivity index (χ4v) is 9.10. The van der Waals surface area contributed by atoms with Crippen molar-refractivity contribution in [3.8, 4) is 0 Å². The zero-order valence-corrected chi connectivity index (χ0v) is 23.7. The normalized spacial score (nSPS) is 12.3. The Morgan fingerprint density at radius 1 is 0.475 bits per heavy atom. The van der Waals surface area contributed by atoms with Gasteiger partial charge in [-0.1, -0.05) is 109 Å². The number of benzene rings is 6. The van der Waals surface area contributed by atoms with Gasteiger partial charge < -0.3 is 0 Å². The lowest BCUT2D eigenvalue weighted by atomic mass is 9.99. The van der Waals surface area contributed by atoms with Crippen molar-refractivity contribution in [3.63, 3.8) is 0 Å². The molecule has 4 bridgehead atoms. The molecule has 2 aromatic heterocycles. The van der Waals surface area contributed by atoms with Crippen LogP contribution in [0.2, 0.25) is 0 Å². The summed E-state index contributed by atoms with van der Waals surface area (Å²) in [7, 11) is -6.60. The monoisotopic (exact) mass is 578 g/mol. The molecular weight excluding hydrogens is 557 g/mol. The third-order valence-electron chi connectivity index (χ3n) is 6.89. The van der Waals surface area contributed by atoms with Gasteiger partial charge in [0.2, 0.25) is 0 Å². The van der Waals surface area contributed by atoms with E-state index in [0.29, 0.717) is 11.2 Å². The molecule has 40 heavy (non-hydrogen) atoms. The SMILES string of the molecule is O=[p+]1oc2ccc(c3ccccc23)c2c(P(c3ccccc3)c3ccccc3)cc(o[p+](=O)o1)c1ccccc12. The summed E-state index contributed by atoms with van der Waals surface area (Å²) in [6.45, 7) is 0. The van der Waals surface area contributed by atoms with Crippen LogP contribution >= 0.6 is 23.7 Å². The predicted molar refractivity (Wildman–Crippen MR) is 165 cm³/mol. The van der Waals surface area contributed by atoms with Crippen molar-refractivity contribution in [3.05, 3.63) is 127 Å². The Hall–Kier alpha value is -4.13. The molecule has 0 saturated heterocycles. The summed E-state index contributed by atoms with van der Waals surface area (Å²) < 4.78 is 42.5. The Kier molecular flexibility index (Phi) is 6.50. The zero-order chi connectivity index (χ0) is 27.1. The van der Waals surface area contributed by atoms with Gasteiger partial charge in [0.25, 0.3) is 0 Å². The second-order valence-corrected chi connectivity index (χ2v) is 13.3. The van der Waals surface area contributed by atoms with E-state index in [1.54, 1.807) is 6.07 Å². The van der Waals surface area contributed by atoms with Gasteiger partial charge >= 0.3 is 15.8 Å². The summed E-state index contributed by atoms with van der Waals surface area (Å²) in [5.41, 5.74) is 0.788. The minimum absolute atomic E-state index is 0.387. The van der Waals surface area contributed by atoms with Gasteiger partial charge in [-0.25, -0.2) is 8.39 Å². The molecule has 2 atom stereocenters. The maximum atomic E-state index is 13.0. The molecule has 8 heteroatoms. The fraction of sp³-hybridized carbons (Fsp3) is 0. The molecule has 0 saturated carbocycles. The van der Waals surface area contributed by atoms with Crippen LogP contribution in [-0.2, 0) is 9.13 Å². The van der Waals surface area contributed by atoms with Crippen LogP contribution in [0.3, 0.4) is 0 Å². The van der Waals surface area contributed by atoms with Gasteiger partial charge in [0.05, 0.1) is 3.98 Å². The van der Waals surface area contributed by atoms with E-state index in [1.807, 2.05) is 66.7 Å². The highest BCUT2D eigenvalue weighted by Crippen LogP contribution is 2.41. The lowest BCUT2D eigenvalue weighted by molar-refractivity contribution is 0.490. The van der Waals surface area contributed by atoms with Crippen LogP contribution in [0.25, 0.3) is 43.5 Å². The third-order valence-corrected chi connectivity index (χ3v) is 11.1. The molecule has 8 rings (SSSR count). The summed E-state index contributed by atoms with van der Waals surface area (Å²) in [6, 6.07) is 42.4. The Balaban J connectivity index is 1.82. The van der Waals surface area contributed by atoms with E-state index >= 15 is 0 Å². The third kappa shape index (κ3) is 4.43. The van der Waals surface area contributed by atoms with Gasteiger partial charge in [0, 0.05) is 19.9 Å². The lowest BCUT2D eigenvalue weighted by Crippen LogP contribution is -2.21. The van der Waals surface area contributed by atoms with Gasteiger partial charge in [-0.05, 0) is 63.6 Å². The van der Waals surface area contributed by atoms with Crippen molar-refractivity contribution in [2.75, 3.05) is 0 Å². The van der Waals surface area contributed by atoms with Crippen molar-refractivity contribution < 1.29 is 21.5 Å². The first kappa shape index (κ1) is 24.9. The summed E-state index contributed by atoms with van der Waals surface area (Å²) in [5.74, 6) is 0. The summed E-state index contributed by atoms with van der Waals surface area (Å²) in [4.78, 5) is 0. The van der Waals surface area contributed by atoms with Gasteiger partial charge in [-0.15, -0.1) is 0 Å². The van der Waals surface area contributed by atoms with Crippen LogP contribution in [0.5, 0.6) is 0 Å². The van der Waals surface area contributed by atoms with Gasteiger partial charge in [-0.2, -0.15) is 0 Å². The topological polar surface area (TPSA) is 73.6 Å². The Morgan fingerprint density at radius 2 is 0.950 bits per heavy atom. The Morgan fingerprint density at radius 3 is 1.57 bits per heavy atom. The number of hydrogen-bond acceptors (Lipinski definition) is 5. The van der Waals surface area contributed by atoms with E-state index in [4.69, 9.17) is 12.4 Å². The standard InChI is InChI=1S/C32H21O5P3/c33-39-35-29-20-19-28(24-15-7-8-16-25(24)29)32-27-18-10-9-17-26(27)30(36-40(34)37-39)21-31(32)38(22-11-3-1-4-12-22)23-13-5-2-6-14-23/h1-21H/q+2. The first-order valence-corrected chi connectivity index (χ1v) is 16.2. The molecule has 0 amide bonds. The van der Waals surface area contributed by atoms with E-state index in [9.17, 15) is 9.13 Å². The van der Waals surface area contributed by atoms with Crippen molar-refractivity contribution in [1.29, 1.82) is 0 Å². The van der Waals surface area contributed by atoms with E-state index < -0.39 is 23.7 Å². The quantitative estimate of drug-likeness (QED) is 0.195. The minimum atomic E-state index is -2.79. The highest BCUT2D eigenvalue weighted by molar-refractivity contribution is 7.80. The van der Waals surface area contributed by atoms with Crippen molar-refractivity contribution >= 4 is 83.1 Å². The van der Waals surface area contributed by atoms with Crippen molar-refractivity contribution in [2.24, 2.45) is 0 Å². The van der Waals surface area contributed by atoms with Crippen LogP contribution in [0.1, 0.15) is 0 Å². The molecule has 5 nitrogen and oxygen atoms in total. The molecule has 8 aromatic rings. The van der Waals surface area contributed by atoms with Crippen LogP contribution in [0.15, 0.2) is 140 Å². The van der Waals surface area contributed by atoms with Crippen LogP contribution in [0, 0.1) is 0 Å². The predicted octanol–water partition coefficient (Wildman–Crippen LogP) is 9.45. The van der Waals surface area contributed by atoms with Crippen LogP contribution in [-0.4, -0.2) is 0 Å². The molecule has 2 unspecified atom stereocenters. The summed E-state index contributed by atoms with van der Waals surface area (Å²) in [5, 5.41) is 8.93. The molecule has 0 N–H and O–H groups in total. The molecule has 0 aliphatic carbocycles. The molecule has 0 radical (unpaired) electrons. The number of fused-ring (bicyclic) bond motifs is 6. The van der Waals surface area contributed by atoms with Gasteiger partial charge in [0.15, 0.2) is 11.2 Å². The average molecular weight is 578 g/mol. The highest BCUT2D eigenvalue weighted by atomic mass is 31.1. The number of rotatable bonds is 3. The first-order chi connectivity index (χ1) is 19.7. The zero-order valence-electron chi connectivity index (χ0n) is 21.0. The average Bonchev–Trinajstić information content (AvgIpc) is 3.01. The molecule has 192 valence electrons. The van der Waals surface area contributed by atoms with E-state index in [1.165, 1.54) is 10.6 Å². The van der Waals surface area contributed by atoms with E-state index in [0.717, 1.165) is 37.6 Å².